The molecule has 0 fully saturated rings. The molecule has 0 heterocycles. The monoisotopic (exact) mass is 491 g/mol. The van der Waals surface area contributed by atoms with Crippen molar-refractivity contribution in [2.24, 2.45) is 0 Å². The van der Waals surface area contributed by atoms with E-state index < -0.39 is 27.7 Å². The normalized spacial score (nSPS) is 10.9. The van der Waals surface area contributed by atoms with Gasteiger partial charge in [0.1, 0.15) is 5.82 Å². The van der Waals surface area contributed by atoms with Gasteiger partial charge in [0, 0.05) is 21.3 Å². The molecule has 0 aromatic heterocycles. The summed E-state index contributed by atoms with van der Waals surface area (Å²) in [7, 11) is -4.00. The first-order valence-electron chi connectivity index (χ1n) is 8.49. The Labute approximate surface area is 180 Å². The minimum Gasteiger partial charge on any atom is -0.280 e. The SMILES string of the molecule is O=C(NNC(=O)c1cccc(S(=O)(=O)Nc2ccc(F)cc2)c1)c1ccc(Br)cc1. The van der Waals surface area contributed by atoms with E-state index in [0.717, 1.165) is 22.7 Å². The molecule has 30 heavy (non-hydrogen) atoms. The Kier molecular flexibility index (Phi) is 6.48. The average Bonchev–Trinajstić information content (AvgIpc) is 2.74. The average molecular weight is 492 g/mol. The summed E-state index contributed by atoms with van der Waals surface area (Å²) in [6.45, 7) is 0. The van der Waals surface area contributed by atoms with E-state index in [9.17, 15) is 22.4 Å². The summed E-state index contributed by atoms with van der Waals surface area (Å²) in [6, 6.07) is 16.6. The maximum atomic E-state index is 13.0. The van der Waals surface area contributed by atoms with Crippen LogP contribution in [0.2, 0.25) is 0 Å². The Morgan fingerprint density at radius 1 is 0.800 bits per heavy atom. The molecule has 0 saturated carbocycles. The van der Waals surface area contributed by atoms with Crippen LogP contribution < -0.4 is 15.6 Å². The molecule has 10 heteroatoms. The zero-order chi connectivity index (χ0) is 21.7. The minimum atomic E-state index is -4.00. The lowest BCUT2D eigenvalue weighted by atomic mass is 10.2. The van der Waals surface area contributed by atoms with E-state index in [4.69, 9.17) is 0 Å². The molecule has 3 aromatic carbocycles. The van der Waals surface area contributed by atoms with Gasteiger partial charge >= 0.3 is 0 Å². The van der Waals surface area contributed by atoms with Crippen LogP contribution in [0.3, 0.4) is 0 Å². The van der Waals surface area contributed by atoms with Crippen LogP contribution in [0.15, 0.2) is 82.2 Å². The van der Waals surface area contributed by atoms with Gasteiger partial charge in [0.2, 0.25) is 0 Å². The van der Waals surface area contributed by atoms with Gasteiger partial charge in [-0.1, -0.05) is 22.0 Å². The number of anilines is 1. The van der Waals surface area contributed by atoms with E-state index in [1.807, 2.05) is 0 Å². The maximum Gasteiger partial charge on any atom is 0.269 e. The zero-order valence-electron chi connectivity index (χ0n) is 15.2. The van der Waals surface area contributed by atoms with Crippen LogP contribution in [0.4, 0.5) is 10.1 Å². The molecular formula is C20H15BrFN3O4S. The van der Waals surface area contributed by atoms with E-state index in [-0.39, 0.29) is 16.1 Å². The second kappa shape index (κ2) is 9.06. The number of benzene rings is 3. The van der Waals surface area contributed by atoms with Crippen molar-refractivity contribution in [3.63, 3.8) is 0 Å². The number of carbonyl (C=O) groups is 2. The van der Waals surface area contributed by atoms with E-state index in [1.165, 1.54) is 30.3 Å². The molecule has 0 atom stereocenters. The fourth-order valence-electron chi connectivity index (χ4n) is 2.40. The molecule has 0 saturated heterocycles. The molecule has 2 amide bonds. The third-order valence-corrected chi connectivity index (χ3v) is 5.81. The van der Waals surface area contributed by atoms with E-state index in [2.05, 4.69) is 31.5 Å². The van der Waals surface area contributed by atoms with E-state index in [1.54, 1.807) is 24.3 Å². The summed E-state index contributed by atoms with van der Waals surface area (Å²) in [5, 5.41) is 0. The van der Waals surface area contributed by atoms with Crippen LogP contribution in [-0.4, -0.2) is 20.2 Å². The summed E-state index contributed by atoms with van der Waals surface area (Å²) in [5.41, 5.74) is 5.03. The smallest absolute Gasteiger partial charge is 0.269 e. The highest BCUT2D eigenvalue weighted by molar-refractivity contribution is 9.10. The van der Waals surface area contributed by atoms with Gasteiger partial charge in [0.05, 0.1) is 4.90 Å². The first-order chi connectivity index (χ1) is 14.2. The molecule has 0 unspecified atom stereocenters. The Hall–Kier alpha value is -3.24. The topological polar surface area (TPSA) is 104 Å². The Bertz CT molecular complexity index is 1180. The van der Waals surface area contributed by atoms with Crippen LogP contribution in [-0.2, 0) is 10.0 Å². The number of carbonyl (C=O) groups excluding carboxylic acids is 2. The first kappa shape index (κ1) is 21.5. The quantitative estimate of drug-likeness (QED) is 0.475. The van der Waals surface area contributed by atoms with Crippen molar-refractivity contribution in [3.8, 4) is 0 Å². The Morgan fingerprint density at radius 3 is 2.03 bits per heavy atom. The second-order valence-electron chi connectivity index (χ2n) is 6.06. The number of halogens is 2. The van der Waals surface area contributed by atoms with Crippen molar-refractivity contribution < 1.29 is 22.4 Å². The molecule has 0 bridgehead atoms. The van der Waals surface area contributed by atoms with Crippen molar-refractivity contribution in [1.29, 1.82) is 0 Å². The van der Waals surface area contributed by atoms with Gasteiger partial charge in [-0.3, -0.25) is 25.2 Å². The fourth-order valence-corrected chi connectivity index (χ4v) is 3.76. The molecule has 3 N–H and O–H groups in total. The van der Waals surface area contributed by atoms with Crippen LogP contribution in [0, 0.1) is 5.82 Å². The van der Waals surface area contributed by atoms with Gasteiger partial charge in [-0.25, -0.2) is 12.8 Å². The van der Waals surface area contributed by atoms with E-state index >= 15 is 0 Å². The lowest BCUT2D eigenvalue weighted by Crippen LogP contribution is -2.41. The van der Waals surface area contributed by atoms with Crippen LogP contribution in [0.25, 0.3) is 0 Å². The lowest BCUT2D eigenvalue weighted by molar-refractivity contribution is 0.0846. The number of sulfonamides is 1. The lowest BCUT2D eigenvalue weighted by Gasteiger charge is -2.10. The van der Waals surface area contributed by atoms with Crippen LogP contribution in [0.5, 0.6) is 0 Å². The van der Waals surface area contributed by atoms with Gasteiger partial charge in [-0.2, -0.15) is 0 Å². The number of rotatable bonds is 5. The van der Waals surface area contributed by atoms with Gasteiger partial charge < -0.3 is 0 Å². The molecule has 3 aromatic rings. The van der Waals surface area contributed by atoms with Crippen molar-refractivity contribution in [3.05, 3.63) is 94.2 Å². The summed E-state index contributed by atoms with van der Waals surface area (Å²) in [4.78, 5) is 24.2. The molecule has 0 aliphatic heterocycles. The largest absolute Gasteiger partial charge is 0.280 e. The van der Waals surface area contributed by atoms with Crippen LogP contribution >= 0.6 is 15.9 Å². The molecule has 3 rings (SSSR count). The van der Waals surface area contributed by atoms with Crippen molar-refractivity contribution >= 4 is 43.5 Å². The third kappa shape index (κ3) is 5.43. The summed E-state index contributed by atoms with van der Waals surface area (Å²) < 4.78 is 41.2. The fraction of sp³-hybridized carbons (Fsp3) is 0. The molecular weight excluding hydrogens is 477 g/mol. The Morgan fingerprint density at radius 2 is 1.40 bits per heavy atom. The maximum absolute atomic E-state index is 13.0. The van der Waals surface area contributed by atoms with Crippen LogP contribution in [0.1, 0.15) is 20.7 Å². The molecule has 0 spiro atoms. The number of hydrogen-bond donors (Lipinski definition) is 3. The second-order valence-corrected chi connectivity index (χ2v) is 8.65. The highest BCUT2D eigenvalue weighted by Gasteiger charge is 2.17. The predicted molar refractivity (Wildman–Crippen MR) is 113 cm³/mol. The number of hydrazine groups is 1. The third-order valence-electron chi connectivity index (χ3n) is 3.90. The highest BCUT2D eigenvalue weighted by atomic mass is 79.9. The van der Waals surface area contributed by atoms with Crippen molar-refractivity contribution in [1.82, 2.24) is 10.9 Å². The highest BCUT2D eigenvalue weighted by Crippen LogP contribution is 2.17. The summed E-state index contributed by atoms with van der Waals surface area (Å²) in [6.07, 6.45) is 0. The van der Waals surface area contributed by atoms with E-state index in [0.29, 0.717) is 5.56 Å². The predicted octanol–water partition coefficient (Wildman–Crippen LogP) is 3.46. The molecule has 0 radical (unpaired) electrons. The molecule has 0 aliphatic rings. The number of amides is 2. The molecule has 7 nitrogen and oxygen atoms in total. The zero-order valence-corrected chi connectivity index (χ0v) is 17.6. The summed E-state index contributed by atoms with van der Waals surface area (Å²) in [5.74, 6) is -1.72. The van der Waals surface area contributed by atoms with Gasteiger partial charge in [0.15, 0.2) is 0 Å². The Balaban J connectivity index is 1.69. The van der Waals surface area contributed by atoms with Gasteiger partial charge in [0.25, 0.3) is 21.8 Å². The minimum absolute atomic E-state index is 0.0214. The molecule has 0 aliphatic carbocycles. The van der Waals surface area contributed by atoms with Gasteiger partial charge in [-0.05, 0) is 66.7 Å². The molecule has 154 valence electrons. The van der Waals surface area contributed by atoms with Crippen molar-refractivity contribution in [2.45, 2.75) is 4.90 Å². The van der Waals surface area contributed by atoms with Gasteiger partial charge in [-0.15, -0.1) is 0 Å². The standard InChI is InChI=1S/C20H15BrFN3O4S/c21-15-6-4-13(5-7-15)19(26)23-24-20(27)14-2-1-3-18(12-14)30(28,29)25-17-10-8-16(22)9-11-17/h1-12,25H,(H,23,26)(H,24,27). The number of nitrogens with one attached hydrogen (secondary N) is 3. The first-order valence-corrected chi connectivity index (χ1v) is 10.8. The summed E-state index contributed by atoms with van der Waals surface area (Å²) >= 11 is 3.26. The van der Waals surface area contributed by atoms with Crippen molar-refractivity contribution in [2.75, 3.05) is 4.72 Å². The number of hydrogen-bond acceptors (Lipinski definition) is 4.